The van der Waals surface area contributed by atoms with Gasteiger partial charge in [0.05, 0.1) is 55.6 Å². The molecule has 5 aromatic rings. The molecular formula is C51H55N5O7S. The molecule has 1 aromatic heterocycles. The molecule has 332 valence electrons. The van der Waals surface area contributed by atoms with E-state index in [4.69, 9.17) is 33.7 Å². The first-order valence-corrected chi connectivity index (χ1v) is 22.4. The highest BCUT2D eigenvalue weighted by Gasteiger charge is 2.38. The number of hydrogen-bond acceptors (Lipinski definition) is 11. The van der Waals surface area contributed by atoms with Crippen molar-refractivity contribution in [3.05, 3.63) is 130 Å². The predicted molar refractivity (Wildman–Crippen MR) is 253 cm³/mol. The van der Waals surface area contributed by atoms with Crippen molar-refractivity contribution in [2.45, 2.75) is 76.5 Å². The number of carbonyl (C=O) groups excluding carboxylic acids is 2. The van der Waals surface area contributed by atoms with Gasteiger partial charge in [-0.15, -0.1) is 0 Å². The van der Waals surface area contributed by atoms with Crippen LogP contribution in [0.3, 0.4) is 0 Å². The summed E-state index contributed by atoms with van der Waals surface area (Å²) in [7, 11) is 3.26. The number of aliphatic imine (C=N–C) groups is 1. The lowest BCUT2D eigenvalue weighted by atomic mass is 9.98. The molecule has 2 atom stereocenters. The van der Waals surface area contributed by atoms with Crippen molar-refractivity contribution in [1.29, 1.82) is 0 Å². The molecule has 0 fully saturated rings. The standard InChI is InChI=1S/C51H55N5O7S/c1-32-20-41-33(14-15-38-21-34-10-6-8-12-44(34)55(38)49(41)57)23-46(32)62-29-36-24-39(54(16-18-59-4)17-19-61-31-51(2,3)64)25-37(53-36)30-63-48-27-43-42(26-47(48)60-5)50(58)56-40(28-52-43)22-35-11-7-9-13-45(35)56/h6-13,20,23-28,38,40,64H,14-19,21-22,29-31H2,1-5H3/t38-,40+/m1/s1. The number of hydrogen-bond donors (Lipinski definition) is 1. The van der Waals surface area contributed by atoms with Crippen LogP contribution in [0.1, 0.15) is 74.6 Å². The van der Waals surface area contributed by atoms with Gasteiger partial charge in [0, 0.05) is 72.3 Å². The Morgan fingerprint density at radius 3 is 2.16 bits per heavy atom. The summed E-state index contributed by atoms with van der Waals surface area (Å²) in [6.45, 7) is 9.02. The Hall–Kier alpha value is -5.89. The minimum atomic E-state index is -0.260. The molecule has 4 aliphatic rings. The number of carbonyl (C=O) groups is 2. The third-order valence-electron chi connectivity index (χ3n) is 12.4. The van der Waals surface area contributed by atoms with Gasteiger partial charge in [-0.3, -0.25) is 24.5 Å². The molecule has 13 heteroatoms. The van der Waals surface area contributed by atoms with Crippen molar-refractivity contribution in [3.63, 3.8) is 0 Å². The fourth-order valence-corrected chi connectivity index (χ4v) is 9.32. The van der Waals surface area contributed by atoms with Crippen molar-refractivity contribution >= 4 is 53.4 Å². The second-order valence-corrected chi connectivity index (χ2v) is 18.8. The second kappa shape index (κ2) is 18.3. The number of para-hydroxylation sites is 2. The SMILES string of the molecule is COCCN(CCOCC(C)(C)S)c1cc(COc2cc3c(cc2C)C(=O)N2c4ccccc4C[C@H]2CC3)nc(COc2cc3c(cc2OC)C(=O)N2c4ccccc4C[C@H]2C=N3)c1. The number of methoxy groups -OCH3 is 2. The first kappa shape index (κ1) is 43.4. The Kier molecular flexibility index (Phi) is 12.4. The number of anilines is 3. The summed E-state index contributed by atoms with van der Waals surface area (Å²) >= 11 is 4.64. The zero-order valence-corrected chi connectivity index (χ0v) is 38.0. The molecule has 4 aliphatic heterocycles. The summed E-state index contributed by atoms with van der Waals surface area (Å²) in [6.07, 6.45) is 5.07. The van der Waals surface area contributed by atoms with Crippen LogP contribution in [0.25, 0.3) is 0 Å². The number of ether oxygens (including phenoxy) is 5. The third-order valence-corrected chi connectivity index (χ3v) is 12.5. The van der Waals surface area contributed by atoms with Crippen molar-refractivity contribution in [2.24, 2.45) is 4.99 Å². The van der Waals surface area contributed by atoms with Crippen LogP contribution in [0.5, 0.6) is 17.2 Å². The molecular weight excluding hydrogens is 827 g/mol. The van der Waals surface area contributed by atoms with E-state index in [2.05, 4.69) is 35.7 Å². The van der Waals surface area contributed by atoms with Gasteiger partial charge in [-0.05, 0) is 105 Å². The van der Waals surface area contributed by atoms with Crippen LogP contribution < -0.4 is 28.9 Å². The van der Waals surface area contributed by atoms with Crippen LogP contribution in [-0.2, 0) is 41.9 Å². The highest BCUT2D eigenvalue weighted by molar-refractivity contribution is 7.81. The third kappa shape index (κ3) is 8.93. The Morgan fingerprint density at radius 2 is 1.44 bits per heavy atom. The number of benzene rings is 4. The van der Waals surface area contributed by atoms with Crippen molar-refractivity contribution < 1.29 is 33.3 Å². The van der Waals surface area contributed by atoms with Gasteiger partial charge in [0.15, 0.2) is 11.5 Å². The van der Waals surface area contributed by atoms with Crippen LogP contribution in [-0.4, -0.2) is 87.0 Å². The van der Waals surface area contributed by atoms with Crippen molar-refractivity contribution in [3.8, 4) is 17.2 Å². The van der Waals surface area contributed by atoms with E-state index >= 15 is 0 Å². The Bertz CT molecular complexity index is 2610. The lowest BCUT2D eigenvalue weighted by Gasteiger charge is -2.26. The monoisotopic (exact) mass is 881 g/mol. The molecule has 64 heavy (non-hydrogen) atoms. The van der Waals surface area contributed by atoms with Gasteiger partial charge in [-0.25, -0.2) is 0 Å². The number of thiol groups is 1. The predicted octanol–water partition coefficient (Wildman–Crippen LogP) is 8.54. The number of amides is 2. The van der Waals surface area contributed by atoms with Gasteiger partial charge < -0.3 is 33.5 Å². The van der Waals surface area contributed by atoms with Crippen LogP contribution in [0.2, 0.25) is 0 Å². The summed E-state index contributed by atoms with van der Waals surface area (Å²) in [5.41, 5.74) is 10.1. The largest absolute Gasteiger partial charge is 0.493 e. The van der Waals surface area contributed by atoms with Gasteiger partial charge in [0.2, 0.25) is 0 Å². The van der Waals surface area contributed by atoms with E-state index in [0.717, 1.165) is 58.6 Å². The van der Waals surface area contributed by atoms with E-state index in [9.17, 15) is 9.59 Å². The molecule has 4 aromatic carbocycles. The Balaban J connectivity index is 0.982. The Labute approximate surface area is 380 Å². The average Bonchev–Trinajstić information content (AvgIpc) is 3.78. The average molecular weight is 882 g/mol. The molecule has 0 aliphatic carbocycles. The summed E-state index contributed by atoms with van der Waals surface area (Å²) in [6, 6.07) is 27.7. The topological polar surface area (TPSA) is 115 Å². The fraction of sp³-hybridized carbons (Fsp3) is 0.373. The molecule has 0 radical (unpaired) electrons. The number of rotatable bonds is 16. The molecule has 0 unspecified atom stereocenters. The van der Waals surface area contributed by atoms with Gasteiger partial charge in [-0.2, -0.15) is 12.6 Å². The molecule has 0 N–H and O–H groups in total. The fourth-order valence-electron chi connectivity index (χ4n) is 9.23. The number of aryl methyl sites for hydroxylation is 2. The normalized spacial score (nSPS) is 17.2. The van der Waals surface area contributed by atoms with Crippen LogP contribution in [0, 0.1) is 6.92 Å². The molecule has 2 amide bonds. The first-order chi connectivity index (χ1) is 31.0. The number of pyridine rings is 1. The first-order valence-electron chi connectivity index (χ1n) is 22.0. The van der Waals surface area contributed by atoms with E-state index in [1.165, 1.54) is 5.56 Å². The molecule has 0 spiro atoms. The molecule has 0 saturated heterocycles. The highest BCUT2D eigenvalue weighted by atomic mass is 32.1. The highest BCUT2D eigenvalue weighted by Crippen LogP contribution is 2.42. The van der Waals surface area contributed by atoms with Crippen LogP contribution >= 0.6 is 12.6 Å². The maximum atomic E-state index is 14.1. The molecule has 0 saturated carbocycles. The summed E-state index contributed by atoms with van der Waals surface area (Å²) in [4.78, 5) is 44.0. The second-order valence-electron chi connectivity index (χ2n) is 17.6. The zero-order valence-electron chi connectivity index (χ0n) is 37.1. The van der Waals surface area contributed by atoms with E-state index < -0.39 is 0 Å². The molecule has 5 heterocycles. The van der Waals surface area contributed by atoms with Crippen LogP contribution in [0.4, 0.5) is 22.7 Å². The van der Waals surface area contributed by atoms with E-state index in [1.54, 1.807) is 26.4 Å². The maximum Gasteiger partial charge on any atom is 0.261 e. The summed E-state index contributed by atoms with van der Waals surface area (Å²) < 4.78 is 30.2. The lowest BCUT2D eigenvalue weighted by molar-refractivity contribution is 0.0975. The molecule has 0 bridgehead atoms. The number of fused-ring (bicyclic) bond motifs is 8. The van der Waals surface area contributed by atoms with Gasteiger partial charge in [0.25, 0.3) is 11.8 Å². The quantitative estimate of drug-likeness (QED) is 0.0770. The summed E-state index contributed by atoms with van der Waals surface area (Å²) in [5, 5.41) is 0. The minimum absolute atomic E-state index is 0.0461. The van der Waals surface area contributed by atoms with Crippen LogP contribution in [0.15, 0.2) is 89.9 Å². The smallest absolute Gasteiger partial charge is 0.261 e. The van der Waals surface area contributed by atoms with E-state index in [-0.39, 0.29) is 41.9 Å². The van der Waals surface area contributed by atoms with Crippen molar-refractivity contribution in [2.75, 3.05) is 61.8 Å². The number of aromatic nitrogens is 1. The van der Waals surface area contributed by atoms with Gasteiger partial charge in [-0.1, -0.05) is 36.4 Å². The van der Waals surface area contributed by atoms with Crippen molar-refractivity contribution in [1.82, 2.24) is 4.98 Å². The minimum Gasteiger partial charge on any atom is -0.493 e. The van der Waals surface area contributed by atoms with Gasteiger partial charge >= 0.3 is 0 Å². The molecule has 9 rings (SSSR count). The Morgan fingerprint density at radius 1 is 0.766 bits per heavy atom. The lowest BCUT2D eigenvalue weighted by Crippen LogP contribution is -2.37. The number of nitrogens with zero attached hydrogens (tertiary/aromatic N) is 5. The maximum absolute atomic E-state index is 14.1. The van der Waals surface area contributed by atoms with Gasteiger partial charge in [0.1, 0.15) is 19.0 Å². The molecule has 12 nitrogen and oxygen atoms in total. The zero-order chi connectivity index (χ0) is 44.5. The van der Waals surface area contributed by atoms with E-state index in [0.29, 0.717) is 79.2 Å². The van der Waals surface area contributed by atoms with E-state index in [1.807, 2.05) is 91.4 Å². The summed E-state index contributed by atoms with van der Waals surface area (Å²) in [5.74, 6) is 1.49.